The molecule has 1 N–H and O–H groups in total. The molecule has 0 spiro atoms. The summed E-state index contributed by atoms with van der Waals surface area (Å²) in [4.78, 5) is 12.7. The van der Waals surface area contributed by atoms with Crippen LogP contribution < -0.4 is 5.32 Å². The van der Waals surface area contributed by atoms with Crippen molar-refractivity contribution in [3.05, 3.63) is 41.0 Å². The number of amides is 1. The maximum atomic E-state index is 13.0. The Hall–Kier alpha value is -1.55. The highest BCUT2D eigenvalue weighted by atomic mass is 35.5. The summed E-state index contributed by atoms with van der Waals surface area (Å²) in [5.74, 6) is 0.937. The highest BCUT2D eigenvalue weighted by Gasteiger charge is 2.33. The van der Waals surface area contributed by atoms with Gasteiger partial charge in [0.25, 0.3) is 15.9 Å². The Kier molecular flexibility index (Phi) is 5.91. The molecule has 0 atom stereocenters. The van der Waals surface area contributed by atoms with E-state index in [1.165, 1.54) is 15.2 Å². The lowest BCUT2D eigenvalue weighted by molar-refractivity contribution is 0.102. The van der Waals surface area contributed by atoms with Gasteiger partial charge in [-0.2, -0.15) is 21.2 Å². The second-order valence-electron chi connectivity index (χ2n) is 5.68. The number of hydrogen-bond acceptors (Lipinski definition) is 5. The molecular formula is C16H19ClN4O3S2. The molecule has 140 valence electrons. The smallest absolute Gasteiger partial charge is 0.263 e. The number of rotatable bonds is 5. The molecule has 3 rings (SSSR count). The lowest BCUT2D eigenvalue weighted by Gasteiger charge is -2.24. The molecular weight excluding hydrogens is 396 g/mol. The zero-order valence-electron chi connectivity index (χ0n) is 14.2. The van der Waals surface area contributed by atoms with Crippen molar-refractivity contribution in [2.75, 3.05) is 29.9 Å². The van der Waals surface area contributed by atoms with Crippen molar-refractivity contribution in [2.24, 2.45) is 0 Å². The van der Waals surface area contributed by atoms with E-state index in [9.17, 15) is 13.2 Å². The van der Waals surface area contributed by atoms with Crippen LogP contribution in [-0.2, 0) is 16.6 Å². The molecule has 7 nitrogen and oxygen atoms in total. The van der Waals surface area contributed by atoms with Crippen molar-refractivity contribution < 1.29 is 13.2 Å². The van der Waals surface area contributed by atoms with Crippen LogP contribution >= 0.6 is 23.4 Å². The summed E-state index contributed by atoms with van der Waals surface area (Å²) in [7, 11) is -3.83. The number of halogens is 1. The highest BCUT2D eigenvalue weighted by molar-refractivity contribution is 7.99. The van der Waals surface area contributed by atoms with Crippen LogP contribution in [0, 0.1) is 0 Å². The average molecular weight is 415 g/mol. The number of hydrogen-bond donors (Lipinski definition) is 1. The van der Waals surface area contributed by atoms with Crippen molar-refractivity contribution in [1.82, 2.24) is 14.1 Å². The van der Waals surface area contributed by atoms with Crippen molar-refractivity contribution in [3.8, 4) is 0 Å². The first-order valence-corrected chi connectivity index (χ1v) is 11.1. The number of carbonyl (C=O) groups is 1. The molecule has 0 aliphatic carbocycles. The number of anilines is 1. The molecule has 2 heterocycles. The van der Waals surface area contributed by atoms with Crippen LogP contribution in [0.2, 0.25) is 5.02 Å². The first-order chi connectivity index (χ1) is 12.4. The number of sulfonamides is 1. The van der Waals surface area contributed by atoms with Gasteiger partial charge >= 0.3 is 0 Å². The normalized spacial score (nSPS) is 15.8. The number of nitrogens with one attached hydrogen (secondary N) is 1. The van der Waals surface area contributed by atoms with Gasteiger partial charge in [-0.1, -0.05) is 17.7 Å². The van der Waals surface area contributed by atoms with Gasteiger partial charge in [-0.3, -0.25) is 9.48 Å². The second-order valence-corrected chi connectivity index (χ2v) is 9.20. The molecule has 0 radical (unpaired) electrons. The second kappa shape index (κ2) is 7.99. The van der Waals surface area contributed by atoms with Crippen LogP contribution in [0.25, 0.3) is 0 Å². The van der Waals surface area contributed by atoms with Gasteiger partial charge < -0.3 is 5.32 Å². The molecule has 26 heavy (non-hydrogen) atoms. The van der Waals surface area contributed by atoms with Crippen LogP contribution in [0.4, 0.5) is 5.69 Å². The SMILES string of the molecule is CCn1cc(C(=O)Nc2cccc(Cl)c2)c(S(=O)(=O)N2CCSCC2)n1. The molecule has 1 aromatic heterocycles. The van der Waals surface area contributed by atoms with Gasteiger partial charge in [0.2, 0.25) is 5.03 Å². The summed E-state index contributed by atoms with van der Waals surface area (Å²) in [6.07, 6.45) is 1.46. The van der Waals surface area contributed by atoms with Crippen LogP contribution in [-0.4, -0.2) is 53.0 Å². The first-order valence-electron chi connectivity index (χ1n) is 8.14. The maximum absolute atomic E-state index is 13.0. The molecule has 2 aromatic rings. The molecule has 10 heteroatoms. The topological polar surface area (TPSA) is 84.3 Å². The molecule has 1 saturated heterocycles. The first kappa shape index (κ1) is 19.2. The molecule has 1 amide bonds. The number of aryl methyl sites for hydroxylation is 1. The van der Waals surface area contributed by atoms with Crippen molar-refractivity contribution >= 4 is 45.0 Å². The molecule has 1 aliphatic heterocycles. The zero-order chi connectivity index (χ0) is 18.7. The Bertz CT molecular complexity index is 908. The Morgan fingerprint density at radius 2 is 2.08 bits per heavy atom. The van der Waals surface area contributed by atoms with Gasteiger partial charge in [-0.05, 0) is 25.1 Å². The Morgan fingerprint density at radius 3 is 2.73 bits per heavy atom. The fourth-order valence-electron chi connectivity index (χ4n) is 2.59. The van der Waals surface area contributed by atoms with Crippen LogP contribution in [0.3, 0.4) is 0 Å². The molecule has 1 aliphatic rings. The number of benzene rings is 1. The summed E-state index contributed by atoms with van der Waals surface area (Å²) in [5, 5.41) is 7.11. The molecule has 1 fully saturated rings. The van der Waals surface area contributed by atoms with E-state index in [0.29, 0.717) is 30.3 Å². The standard InChI is InChI=1S/C16H19ClN4O3S2/c1-2-20-11-14(15(22)18-13-5-3-4-12(17)10-13)16(19-20)26(23,24)21-6-8-25-9-7-21/h3-5,10-11H,2,6-9H2,1H3,(H,18,22). The van der Waals surface area contributed by atoms with Gasteiger partial charge in [0.05, 0.1) is 5.56 Å². The fourth-order valence-corrected chi connectivity index (χ4v) is 5.45. The third-order valence-electron chi connectivity index (χ3n) is 3.93. The van der Waals surface area contributed by atoms with Crippen molar-refractivity contribution in [2.45, 2.75) is 18.5 Å². The monoisotopic (exact) mass is 414 g/mol. The van der Waals surface area contributed by atoms with E-state index in [0.717, 1.165) is 11.5 Å². The highest BCUT2D eigenvalue weighted by Crippen LogP contribution is 2.23. The van der Waals surface area contributed by atoms with Gasteiger partial charge in [-0.15, -0.1) is 0 Å². The van der Waals surface area contributed by atoms with Gasteiger partial charge in [0, 0.05) is 48.0 Å². The van der Waals surface area contributed by atoms with Crippen LogP contribution in [0.15, 0.2) is 35.5 Å². The van der Waals surface area contributed by atoms with Gasteiger partial charge in [-0.25, -0.2) is 8.42 Å². The summed E-state index contributed by atoms with van der Waals surface area (Å²) < 4.78 is 28.8. The minimum absolute atomic E-state index is 0.0325. The lowest BCUT2D eigenvalue weighted by atomic mass is 10.3. The van der Waals surface area contributed by atoms with Crippen molar-refractivity contribution in [3.63, 3.8) is 0 Å². The molecule has 0 unspecified atom stereocenters. The van der Waals surface area contributed by atoms with E-state index in [1.807, 2.05) is 6.92 Å². The van der Waals surface area contributed by atoms with Crippen molar-refractivity contribution in [1.29, 1.82) is 0 Å². The Labute approximate surface area is 161 Å². The molecule has 1 aromatic carbocycles. The third-order valence-corrected chi connectivity index (χ3v) is 6.95. The van der Waals surface area contributed by atoms with Gasteiger partial charge in [0.1, 0.15) is 0 Å². The summed E-state index contributed by atoms with van der Waals surface area (Å²) in [5.41, 5.74) is 0.523. The minimum atomic E-state index is -3.83. The summed E-state index contributed by atoms with van der Waals surface area (Å²) in [6, 6.07) is 6.68. The quantitative estimate of drug-likeness (QED) is 0.812. The number of carbonyl (C=O) groups excluding carboxylic acids is 1. The van der Waals surface area contributed by atoms with E-state index in [4.69, 9.17) is 11.6 Å². The zero-order valence-corrected chi connectivity index (χ0v) is 16.6. The van der Waals surface area contributed by atoms with Gasteiger partial charge in [0.15, 0.2) is 0 Å². The van der Waals surface area contributed by atoms with E-state index >= 15 is 0 Å². The average Bonchev–Trinajstić information content (AvgIpc) is 3.08. The summed E-state index contributed by atoms with van der Waals surface area (Å²) >= 11 is 7.64. The van der Waals surface area contributed by atoms with E-state index in [2.05, 4.69) is 10.4 Å². The summed E-state index contributed by atoms with van der Waals surface area (Å²) in [6.45, 7) is 3.13. The fraction of sp³-hybridized carbons (Fsp3) is 0.375. The predicted octanol–water partition coefficient (Wildman–Crippen LogP) is 2.55. The number of thioether (sulfide) groups is 1. The Morgan fingerprint density at radius 1 is 1.35 bits per heavy atom. The third kappa shape index (κ3) is 4.06. The lowest BCUT2D eigenvalue weighted by Crippen LogP contribution is -2.38. The predicted molar refractivity (Wildman–Crippen MR) is 103 cm³/mol. The van der Waals surface area contributed by atoms with Crippen LogP contribution in [0.5, 0.6) is 0 Å². The Balaban J connectivity index is 1.94. The van der Waals surface area contributed by atoms with E-state index in [1.54, 1.807) is 36.0 Å². The minimum Gasteiger partial charge on any atom is -0.322 e. The van der Waals surface area contributed by atoms with Crippen LogP contribution in [0.1, 0.15) is 17.3 Å². The largest absolute Gasteiger partial charge is 0.322 e. The number of aromatic nitrogens is 2. The molecule has 0 bridgehead atoms. The van der Waals surface area contributed by atoms with E-state index in [-0.39, 0.29) is 10.6 Å². The van der Waals surface area contributed by atoms with E-state index < -0.39 is 15.9 Å². The number of nitrogens with zero attached hydrogens (tertiary/aromatic N) is 3. The molecule has 0 saturated carbocycles. The maximum Gasteiger partial charge on any atom is 0.263 e.